The van der Waals surface area contributed by atoms with E-state index in [-0.39, 0.29) is 36.2 Å². The van der Waals surface area contributed by atoms with Crippen molar-refractivity contribution in [3.63, 3.8) is 0 Å². The van der Waals surface area contributed by atoms with E-state index in [1.807, 2.05) is 19.3 Å². The number of unbranched alkanes of at least 4 members (excludes halogenated alkanes) is 1. The van der Waals surface area contributed by atoms with Crippen LogP contribution in [0.4, 0.5) is 11.4 Å². The average molecular weight is 763 g/mol. The summed E-state index contributed by atoms with van der Waals surface area (Å²) in [4.78, 5) is 52.7. The molecule has 12 heteroatoms. The van der Waals surface area contributed by atoms with Gasteiger partial charge >= 0.3 is 0 Å². The van der Waals surface area contributed by atoms with Crippen molar-refractivity contribution in [3.05, 3.63) is 108 Å². The molecular formula is C44H58N8O4. The second kappa shape index (κ2) is 22.0. The van der Waals surface area contributed by atoms with Gasteiger partial charge in [-0.25, -0.2) is 0 Å². The van der Waals surface area contributed by atoms with Crippen molar-refractivity contribution in [2.75, 3.05) is 17.2 Å². The number of nitrogens with one attached hydrogen (secondary N) is 6. The van der Waals surface area contributed by atoms with E-state index in [4.69, 9.17) is 0 Å². The molecule has 4 amide bonds. The molecule has 3 heterocycles. The molecule has 5 rings (SSSR count). The molecule has 6 N–H and O–H groups in total. The van der Waals surface area contributed by atoms with Gasteiger partial charge in [-0.3, -0.25) is 29.3 Å². The zero-order valence-corrected chi connectivity index (χ0v) is 32.8. The van der Waals surface area contributed by atoms with Gasteiger partial charge in [-0.05, 0) is 75.8 Å². The number of hydrazine groups is 1. The third kappa shape index (κ3) is 12.4. The number of hydrogen-bond acceptors (Lipinski definition) is 7. The Morgan fingerprint density at radius 2 is 1.59 bits per heavy atom. The number of carbonyl (C=O) groups excluding carboxylic acids is 4. The van der Waals surface area contributed by atoms with E-state index in [0.29, 0.717) is 29.8 Å². The number of rotatable bonds is 20. The third-order valence-electron chi connectivity index (χ3n) is 10.1. The molecule has 56 heavy (non-hydrogen) atoms. The van der Waals surface area contributed by atoms with Gasteiger partial charge in [-0.1, -0.05) is 86.9 Å². The maximum Gasteiger partial charge on any atom is 0.270 e. The molecule has 1 fully saturated rings. The smallest absolute Gasteiger partial charge is 0.270 e. The van der Waals surface area contributed by atoms with Crippen LogP contribution in [-0.4, -0.2) is 46.0 Å². The number of nitrogens with zero attached hydrogens (tertiary/aromatic N) is 2. The van der Waals surface area contributed by atoms with E-state index in [1.54, 1.807) is 23.1 Å². The van der Waals surface area contributed by atoms with Crippen LogP contribution in [0, 0.1) is 5.92 Å². The van der Waals surface area contributed by atoms with Crippen LogP contribution in [0.1, 0.15) is 118 Å². The lowest BCUT2D eigenvalue weighted by Gasteiger charge is -2.30. The normalized spacial score (nSPS) is 17.5. The van der Waals surface area contributed by atoms with Gasteiger partial charge in [0.05, 0.1) is 24.3 Å². The summed E-state index contributed by atoms with van der Waals surface area (Å²) in [6, 6.07) is 2.45. The zero-order valence-electron chi connectivity index (χ0n) is 32.8. The van der Waals surface area contributed by atoms with Crippen molar-refractivity contribution >= 4 is 40.6 Å². The molecule has 0 spiro atoms. The van der Waals surface area contributed by atoms with E-state index in [2.05, 4.69) is 105 Å². The Hall–Kier alpha value is -5.65. The topological polar surface area (TPSA) is 158 Å². The maximum atomic E-state index is 13.9. The van der Waals surface area contributed by atoms with Crippen molar-refractivity contribution in [3.8, 4) is 0 Å². The summed E-state index contributed by atoms with van der Waals surface area (Å²) in [6.07, 6.45) is 38.2. The van der Waals surface area contributed by atoms with Crippen LogP contribution in [-0.2, 0) is 21.4 Å². The molecule has 1 aromatic carbocycles. The molecule has 12 nitrogen and oxygen atoms in total. The molecule has 2 atom stereocenters. The van der Waals surface area contributed by atoms with Crippen LogP contribution in [0.25, 0.3) is 5.57 Å². The van der Waals surface area contributed by atoms with Gasteiger partial charge in [0.1, 0.15) is 6.04 Å². The van der Waals surface area contributed by atoms with Crippen LogP contribution in [0.15, 0.2) is 91.5 Å². The van der Waals surface area contributed by atoms with E-state index >= 15 is 0 Å². The Morgan fingerprint density at radius 3 is 2.25 bits per heavy atom. The van der Waals surface area contributed by atoms with Gasteiger partial charge in [-0.15, -0.1) is 0 Å². The predicted molar refractivity (Wildman–Crippen MR) is 223 cm³/mol. The maximum absolute atomic E-state index is 13.9. The van der Waals surface area contributed by atoms with Crippen molar-refractivity contribution in [2.24, 2.45) is 13.0 Å². The molecule has 2 aromatic rings. The molecule has 3 aliphatic rings. The fourth-order valence-electron chi connectivity index (χ4n) is 7.28. The van der Waals surface area contributed by atoms with Crippen LogP contribution < -0.4 is 32.1 Å². The van der Waals surface area contributed by atoms with Gasteiger partial charge in [0.25, 0.3) is 5.91 Å². The second-order valence-corrected chi connectivity index (χ2v) is 14.5. The number of anilines is 2. The third-order valence-corrected chi connectivity index (χ3v) is 10.1. The molecule has 2 unspecified atom stereocenters. The first-order valence-electron chi connectivity index (χ1n) is 20.1. The van der Waals surface area contributed by atoms with Crippen molar-refractivity contribution in [2.45, 2.75) is 102 Å². The summed E-state index contributed by atoms with van der Waals surface area (Å²) < 4.78 is 1.72. The Labute approximate surface area is 331 Å². The van der Waals surface area contributed by atoms with E-state index < -0.39 is 11.9 Å². The van der Waals surface area contributed by atoms with Crippen molar-refractivity contribution < 1.29 is 19.2 Å². The first kappa shape index (κ1) is 41.5. The number of benzene rings is 1. The fraction of sp³-hybridized carbons (Fsp3) is 0.432. The fourth-order valence-corrected chi connectivity index (χ4v) is 7.28. The van der Waals surface area contributed by atoms with Gasteiger partial charge in [-0.2, -0.15) is 5.10 Å². The number of aromatic nitrogens is 2. The Balaban J connectivity index is 1.06. The summed E-state index contributed by atoms with van der Waals surface area (Å²) >= 11 is 0. The van der Waals surface area contributed by atoms with Crippen LogP contribution in [0.2, 0.25) is 0 Å². The average Bonchev–Trinajstić information content (AvgIpc) is 3.75. The highest BCUT2D eigenvalue weighted by Gasteiger charge is 2.36. The molecule has 1 saturated carbocycles. The first-order valence-corrected chi connectivity index (χ1v) is 20.1. The van der Waals surface area contributed by atoms with E-state index in [9.17, 15) is 19.2 Å². The second-order valence-electron chi connectivity index (χ2n) is 14.5. The highest BCUT2D eigenvalue weighted by atomic mass is 16.2. The number of carbonyl (C=O) groups is 4. The molecule has 0 bridgehead atoms. The van der Waals surface area contributed by atoms with Gasteiger partial charge in [0.15, 0.2) is 0 Å². The molecule has 0 radical (unpaired) electrons. The molecule has 1 aliphatic carbocycles. The lowest BCUT2D eigenvalue weighted by atomic mass is 9.83. The minimum atomic E-state index is -0.788. The molecule has 2 aliphatic heterocycles. The lowest BCUT2D eigenvalue weighted by Crippen LogP contribution is -2.51. The van der Waals surface area contributed by atoms with Crippen molar-refractivity contribution in [1.29, 1.82) is 0 Å². The highest BCUT2D eigenvalue weighted by Crippen LogP contribution is 2.46. The number of amides is 4. The minimum absolute atomic E-state index is 0.0435. The summed E-state index contributed by atoms with van der Waals surface area (Å²) in [7, 11) is 1.85. The molecular weight excluding hydrogens is 705 g/mol. The summed E-state index contributed by atoms with van der Waals surface area (Å²) in [5, 5.41) is 16.4. The zero-order chi connectivity index (χ0) is 39.5. The SMILES string of the molecule is CCC=CCC=CCC=CCC=CCC=CCCCC(=O)NCC(=O)NC(C(=O)Nc1cc2c3c(c1)C(=O)NNC=C3C(c1cnn(C)c1)N2)C1CCCCC1. The number of allylic oxidation sites excluding steroid dienone is 10. The first-order chi connectivity index (χ1) is 27.3. The van der Waals surface area contributed by atoms with Crippen molar-refractivity contribution in [1.82, 2.24) is 31.3 Å². The van der Waals surface area contributed by atoms with E-state index in [0.717, 1.165) is 87.3 Å². The van der Waals surface area contributed by atoms with Crippen LogP contribution in [0.5, 0.6) is 0 Å². The lowest BCUT2D eigenvalue weighted by molar-refractivity contribution is -0.129. The molecule has 1 aromatic heterocycles. The number of hydrogen-bond donors (Lipinski definition) is 6. The largest absolute Gasteiger partial charge is 0.373 e. The monoisotopic (exact) mass is 762 g/mol. The van der Waals surface area contributed by atoms with Gasteiger partial charge in [0.2, 0.25) is 17.7 Å². The summed E-state index contributed by atoms with van der Waals surface area (Å²) in [6.45, 7) is 1.93. The quantitative estimate of drug-likeness (QED) is 0.0614. The van der Waals surface area contributed by atoms with E-state index in [1.165, 1.54) is 0 Å². The highest BCUT2D eigenvalue weighted by molar-refractivity contribution is 6.08. The molecule has 0 saturated heterocycles. The number of aryl methyl sites for hydroxylation is 1. The standard InChI is InChI=1S/C44H58N8O4/c1-3-4-5-6-7-8-9-10-11-12-13-14-15-16-17-18-22-25-38(53)45-30-39(54)50-42(32-23-20-19-21-24-32)44(56)48-34-26-35-40-36(29-46-51-43(35)55)41(49-37(40)27-34)33-28-47-52(2)31-33/h4-5,7-8,10-11,13-14,16-17,26-29,31-32,41-42,46,49H,3,6,9,12,15,18-25,30H2,1-2H3,(H,45,53)(H,48,56)(H,50,54)(H,51,55). The Morgan fingerprint density at radius 1 is 0.911 bits per heavy atom. The Bertz CT molecular complexity index is 1850. The predicted octanol–water partition coefficient (Wildman–Crippen LogP) is 7.22. The minimum Gasteiger partial charge on any atom is -0.373 e. The molecule has 298 valence electrons. The summed E-state index contributed by atoms with van der Waals surface area (Å²) in [5.41, 5.74) is 9.69. The van der Waals surface area contributed by atoms with Crippen LogP contribution in [0.3, 0.4) is 0 Å². The Kier molecular flexibility index (Phi) is 16.3. The van der Waals surface area contributed by atoms with Gasteiger partial charge in [0, 0.05) is 53.9 Å². The van der Waals surface area contributed by atoms with Crippen LogP contribution >= 0.6 is 0 Å². The van der Waals surface area contributed by atoms with Gasteiger partial charge < -0.3 is 26.7 Å². The summed E-state index contributed by atoms with van der Waals surface area (Å²) in [5.74, 6) is -1.34.